The van der Waals surface area contributed by atoms with Crippen molar-refractivity contribution in [2.24, 2.45) is 9.98 Å². The lowest BCUT2D eigenvalue weighted by atomic mass is 9.80. The highest BCUT2D eigenvalue weighted by Crippen LogP contribution is 2.52. The maximum atomic E-state index is 5.04. The largest absolute Gasteiger partial charge is 0.233 e. The zero-order valence-corrected chi connectivity index (χ0v) is 39.0. The number of rotatable bonds is 9. The Balaban J connectivity index is 0.000000193. The van der Waals surface area contributed by atoms with E-state index in [0.717, 1.165) is 40.6 Å². The van der Waals surface area contributed by atoms with Gasteiger partial charge in [0.15, 0.2) is 5.84 Å². The predicted octanol–water partition coefficient (Wildman–Crippen LogP) is 16.7. The van der Waals surface area contributed by atoms with Crippen LogP contribution in [0, 0.1) is 27.7 Å². The Morgan fingerprint density at radius 3 is 2.02 bits per heavy atom. The quantitative estimate of drug-likeness (QED) is 0.102. The molecule has 7 aromatic carbocycles. The van der Waals surface area contributed by atoms with E-state index >= 15 is 0 Å². The summed E-state index contributed by atoms with van der Waals surface area (Å²) in [5.41, 5.74) is 22.3. The minimum atomic E-state index is 0.0301. The number of aliphatic imine (C=N–C) groups is 2. The van der Waals surface area contributed by atoms with Crippen LogP contribution in [0.5, 0.6) is 0 Å². The van der Waals surface area contributed by atoms with E-state index in [4.69, 9.17) is 9.98 Å². The molecule has 0 aromatic heterocycles. The van der Waals surface area contributed by atoms with Crippen molar-refractivity contribution in [3.05, 3.63) is 219 Å². The Kier molecular flexibility index (Phi) is 13.5. The second kappa shape index (κ2) is 19.2. The number of fused-ring (bicyclic) bond motifs is 4. The number of hydrogen-bond acceptors (Lipinski definition) is 1. The highest BCUT2D eigenvalue weighted by molar-refractivity contribution is 6.17. The number of nitrogens with zero attached hydrogens (tertiary/aromatic N) is 2. The topological polar surface area (TPSA) is 24.7 Å². The van der Waals surface area contributed by atoms with Crippen molar-refractivity contribution in [1.82, 2.24) is 0 Å². The van der Waals surface area contributed by atoms with Crippen LogP contribution in [0.4, 0.5) is 0 Å². The van der Waals surface area contributed by atoms with Crippen molar-refractivity contribution in [3.8, 4) is 22.3 Å². The van der Waals surface area contributed by atoms with Crippen LogP contribution < -0.4 is 0 Å². The molecule has 2 heteroatoms. The van der Waals surface area contributed by atoms with Crippen molar-refractivity contribution in [2.45, 2.75) is 87.5 Å². The summed E-state index contributed by atoms with van der Waals surface area (Å²) in [6, 6.07) is 47.6. The third-order valence-corrected chi connectivity index (χ3v) is 12.7. The highest BCUT2D eigenvalue weighted by atomic mass is 14.9. The van der Waals surface area contributed by atoms with Gasteiger partial charge in [0.1, 0.15) is 0 Å². The van der Waals surface area contributed by atoms with Crippen molar-refractivity contribution in [1.29, 1.82) is 0 Å². The van der Waals surface area contributed by atoms with Crippen LogP contribution in [0.15, 0.2) is 162 Å². The van der Waals surface area contributed by atoms with Gasteiger partial charge in [-0.2, -0.15) is 0 Å². The van der Waals surface area contributed by atoms with E-state index in [1.54, 1.807) is 0 Å². The van der Waals surface area contributed by atoms with Crippen LogP contribution in [0.1, 0.15) is 115 Å². The standard InChI is InChI=1S/C33H32N2.C28H30/c1-6-7-13-28-22-29(20-18-23(28)2)26(5)35-33(34-25(4)27-14-9-8-10-15-27)32-21-19-24(3)30-16-11-12-17-31(30)32;1-7-11-22-20(8-2)14-15-25-27(22)24-17-23(21-13-10-9-12-18(21)3)19(4)16-26(24)28(25,5)6/h7-22H,5-6H2,1-4H3;7,9-17H,8H2,1-6H3/b13-7-,34-25?,35-33?;11-7-. The SMILES string of the molecule is C/C=C\c1c(CC)ccc2c1-c1cc(-c3ccccc3C)c(C)cc1C2(C)C.C=C(N=C(N=C(C)c1ccccc1)c1ccc(C)c2ccccc12)c1ccc(C)c(/C=C\CC)c1. The summed E-state index contributed by atoms with van der Waals surface area (Å²) in [5.74, 6) is 0.666. The Morgan fingerprint density at radius 2 is 1.30 bits per heavy atom. The fraction of sp³-hybridized carbons (Fsp3) is 0.213. The molecule has 0 spiro atoms. The van der Waals surface area contributed by atoms with E-state index in [9.17, 15) is 0 Å². The van der Waals surface area contributed by atoms with Crippen LogP contribution in [0.25, 0.3) is 50.9 Å². The summed E-state index contributed by atoms with van der Waals surface area (Å²) in [6.07, 6.45) is 10.9. The number of amidine groups is 1. The summed E-state index contributed by atoms with van der Waals surface area (Å²) in [4.78, 5) is 10.1. The van der Waals surface area contributed by atoms with Gasteiger partial charge in [0, 0.05) is 22.3 Å². The van der Waals surface area contributed by atoms with E-state index in [1.807, 2.05) is 25.1 Å². The molecule has 0 amide bonds. The first-order valence-electron chi connectivity index (χ1n) is 22.5. The van der Waals surface area contributed by atoms with E-state index in [0.29, 0.717) is 11.5 Å². The lowest BCUT2D eigenvalue weighted by Gasteiger charge is -2.23. The van der Waals surface area contributed by atoms with E-state index in [-0.39, 0.29) is 5.41 Å². The molecule has 63 heavy (non-hydrogen) atoms. The molecular weight excluding hydrogens is 761 g/mol. The third-order valence-electron chi connectivity index (χ3n) is 12.7. The van der Waals surface area contributed by atoms with Gasteiger partial charge in [-0.1, -0.05) is 180 Å². The summed E-state index contributed by atoms with van der Waals surface area (Å²) in [6.45, 7) is 26.4. The van der Waals surface area contributed by atoms with Crippen molar-refractivity contribution in [2.75, 3.05) is 0 Å². The molecule has 0 saturated carbocycles. The molecule has 0 N–H and O–H groups in total. The predicted molar refractivity (Wildman–Crippen MR) is 276 cm³/mol. The number of benzene rings is 7. The molecule has 0 fully saturated rings. The zero-order valence-electron chi connectivity index (χ0n) is 39.0. The number of aryl methyl sites for hydroxylation is 5. The van der Waals surface area contributed by atoms with E-state index < -0.39 is 0 Å². The second-order valence-corrected chi connectivity index (χ2v) is 17.4. The lowest BCUT2D eigenvalue weighted by molar-refractivity contribution is 0.659. The molecule has 0 radical (unpaired) electrons. The molecule has 2 nitrogen and oxygen atoms in total. The van der Waals surface area contributed by atoms with Crippen molar-refractivity contribution < 1.29 is 0 Å². The Morgan fingerprint density at radius 1 is 0.603 bits per heavy atom. The smallest absolute Gasteiger partial charge is 0.160 e. The molecule has 1 aliphatic rings. The van der Waals surface area contributed by atoms with Crippen LogP contribution in [0.2, 0.25) is 0 Å². The minimum Gasteiger partial charge on any atom is -0.233 e. The van der Waals surface area contributed by atoms with Gasteiger partial charge >= 0.3 is 0 Å². The molecule has 0 saturated heterocycles. The Labute approximate surface area is 377 Å². The summed E-state index contributed by atoms with van der Waals surface area (Å²) in [5, 5.41) is 2.34. The molecule has 8 rings (SSSR count). The second-order valence-electron chi connectivity index (χ2n) is 17.4. The summed E-state index contributed by atoms with van der Waals surface area (Å²) >= 11 is 0. The third kappa shape index (κ3) is 9.13. The zero-order chi connectivity index (χ0) is 44.8. The van der Waals surface area contributed by atoms with Crippen LogP contribution in [-0.4, -0.2) is 11.5 Å². The maximum absolute atomic E-state index is 5.04. The average molecular weight is 823 g/mol. The van der Waals surface area contributed by atoms with E-state index in [1.165, 1.54) is 77.7 Å². The Hall–Kier alpha value is -6.64. The first-order valence-corrected chi connectivity index (χ1v) is 22.5. The molecule has 7 aromatic rings. The molecule has 0 bridgehead atoms. The molecule has 0 heterocycles. The fourth-order valence-electron chi connectivity index (χ4n) is 9.01. The van der Waals surface area contributed by atoms with Gasteiger partial charge in [0.05, 0.1) is 5.70 Å². The molecule has 0 aliphatic heterocycles. The summed E-state index contributed by atoms with van der Waals surface area (Å²) in [7, 11) is 0. The van der Waals surface area contributed by atoms with Gasteiger partial charge in [-0.05, 0) is 155 Å². The average Bonchev–Trinajstić information content (AvgIpc) is 3.51. The van der Waals surface area contributed by atoms with Crippen molar-refractivity contribution in [3.63, 3.8) is 0 Å². The summed E-state index contributed by atoms with van der Waals surface area (Å²) < 4.78 is 0. The van der Waals surface area contributed by atoms with Gasteiger partial charge in [-0.15, -0.1) is 0 Å². The fourth-order valence-corrected chi connectivity index (χ4v) is 9.01. The number of hydrogen-bond donors (Lipinski definition) is 0. The van der Waals surface area contributed by atoms with Gasteiger partial charge in [-0.25, -0.2) is 9.98 Å². The van der Waals surface area contributed by atoms with Crippen LogP contribution >= 0.6 is 0 Å². The van der Waals surface area contributed by atoms with Crippen LogP contribution in [-0.2, 0) is 11.8 Å². The maximum Gasteiger partial charge on any atom is 0.160 e. The molecule has 0 unspecified atom stereocenters. The van der Waals surface area contributed by atoms with E-state index in [2.05, 4.69) is 208 Å². The van der Waals surface area contributed by atoms with Gasteiger partial charge in [0.25, 0.3) is 0 Å². The van der Waals surface area contributed by atoms with Gasteiger partial charge < -0.3 is 0 Å². The van der Waals surface area contributed by atoms with Crippen molar-refractivity contribution >= 4 is 40.2 Å². The van der Waals surface area contributed by atoms with Crippen LogP contribution in [0.3, 0.4) is 0 Å². The first-order chi connectivity index (χ1) is 30.4. The molecule has 0 atom stereocenters. The molecule has 1 aliphatic carbocycles. The first kappa shape index (κ1) is 44.4. The monoisotopic (exact) mass is 822 g/mol. The molecule has 316 valence electrons. The number of allylic oxidation sites excluding steroid dienone is 2. The van der Waals surface area contributed by atoms with Gasteiger partial charge in [0.2, 0.25) is 0 Å². The molecular formula is C61H62N2. The van der Waals surface area contributed by atoms with Gasteiger partial charge in [-0.3, -0.25) is 0 Å². The minimum absolute atomic E-state index is 0.0301. The normalized spacial score (nSPS) is 13.3. The Bertz CT molecular complexity index is 2950. The highest BCUT2D eigenvalue weighted by Gasteiger charge is 2.37. The lowest BCUT2D eigenvalue weighted by Crippen LogP contribution is -2.15.